The molecule has 0 saturated heterocycles. The third kappa shape index (κ3) is 3.95. The first-order chi connectivity index (χ1) is 8.47. The summed E-state index contributed by atoms with van der Waals surface area (Å²) in [5.41, 5.74) is 6.55. The largest absolute Gasteiger partial charge is 0.324 e. The third-order valence-corrected chi connectivity index (χ3v) is 4.98. The van der Waals surface area contributed by atoms with Gasteiger partial charge in [-0.3, -0.25) is 4.90 Å². The van der Waals surface area contributed by atoms with Crippen LogP contribution in [0, 0.1) is 5.92 Å². The van der Waals surface area contributed by atoms with E-state index < -0.39 is 0 Å². The number of hydrogen-bond donors (Lipinski definition) is 1. The van der Waals surface area contributed by atoms with Crippen molar-refractivity contribution in [3.8, 4) is 0 Å². The van der Waals surface area contributed by atoms with Crippen LogP contribution in [-0.4, -0.2) is 24.0 Å². The molecule has 1 aliphatic rings. The molecule has 1 saturated carbocycles. The highest BCUT2D eigenvalue weighted by atomic mass is 35.5. The summed E-state index contributed by atoms with van der Waals surface area (Å²) >= 11 is 7.62. The average molecular weight is 287 g/mol. The minimum Gasteiger partial charge on any atom is -0.324 e. The molecule has 4 heteroatoms. The van der Waals surface area contributed by atoms with Crippen molar-refractivity contribution in [3.05, 3.63) is 21.3 Å². The van der Waals surface area contributed by atoms with Crippen LogP contribution in [0.25, 0.3) is 0 Å². The Morgan fingerprint density at radius 1 is 1.56 bits per heavy atom. The predicted octanol–water partition coefficient (Wildman–Crippen LogP) is 3.74. The molecule has 0 aromatic carbocycles. The Bertz CT molecular complexity index is 393. The Kier molecular flexibility index (Phi) is 4.70. The zero-order valence-electron chi connectivity index (χ0n) is 11.3. The van der Waals surface area contributed by atoms with Gasteiger partial charge >= 0.3 is 0 Å². The normalized spacial score (nSPS) is 28.8. The summed E-state index contributed by atoms with van der Waals surface area (Å²) in [5, 5.41) is 0. The molecule has 2 unspecified atom stereocenters. The number of nitrogens with zero attached hydrogens (tertiary/aromatic N) is 1. The van der Waals surface area contributed by atoms with Crippen LogP contribution in [0.4, 0.5) is 0 Å². The first-order valence-corrected chi connectivity index (χ1v) is 7.88. The van der Waals surface area contributed by atoms with Crippen LogP contribution in [0.5, 0.6) is 0 Å². The molecule has 1 fully saturated rings. The van der Waals surface area contributed by atoms with E-state index >= 15 is 0 Å². The molecule has 0 spiro atoms. The highest BCUT2D eigenvalue weighted by Crippen LogP contribution is 2.31. The summed E-state index contributed by atoms with van der Waals surface area (Å²) in [7, 11) is 2.15. The molecule has 2 nitrogen and oxygen atoms in total. The van der Waals surface area contributed by atoms with Gasteiger partial charge in [0.1, 0.15) is 0 Å². The van der Waals surface area contributed by atoms with Gasteiger partial charge < -0.3 is 5.73 Å². The topological polar surface area (TPSA) is 29.3 Å². The lowest BCUT2D eigenvalue weighted by atomic mass is 9.77. The third-order valence-electron chi connectivity index (χ3n) is 3.77. The standard InChI is InChI=1S/C14H23ClN2S/c1-11-4-3-7-14(16,8-11)10-17(2)9-12-5-6-13(15)18-12/h5-6,11H,3-4,7-10,16H2,1-2H3. The van der Waals surface area contributed by atoms with Crippen molar-refractivity contribution in [2.24, 2.45) is 11.7 Å². The van der Waals surface area contributed by atoms with E-state index in [2.05, 4.69) is 24.9 Å². The molecule has 102 valence electrons. The van der Waals surface area contributed by atoms with Crippen molar-refractivity contribution >= 4 is 22.9 Å². The SMILES string of the molecule is CC1CCCC(N)(CN(C)Cc2ccc(Cl)s2)C1. The number of rotatable bonds is 4. The van der Waals surface area contributed by atoms with Gasteiger partial charge in [0, 0.05) is 23.5 Å². The van der Waals surface area contributed by atoms with Gasteiger partial charge in [0.2, 0.25) is 0 Å². The average Bonchev–Trinajstić information content (AvgIpc) is 2.62. The Morgan fingerprint density at radius 3 is 2.94 bits per heavy atom. The minimum atomic E-state index is 0.00741. The Balaban J connectivity index is 1.88. The van der Waals surface area contributed by atoms with E-state index in [0.717, 1.165) is 36.2 Å². The monoisotopic (exact) mass is 286 g/mol. The molecule has 1 heterocycles. The van der Waals surface area contributed by atoms with E-state index in [1.807, 2.05) is 6.07 Å². The summed E-state index contributed by atoms with van der Waals surface area (Å²) in [6.45, 7) is 4.25. The molecule has 1 aromatic rings. The van der Waals surface area contributed by atoms with Gasteiger partial charge in [-0.1, -0.05) is 31.4 Å². The van der Waals surface area contributed by atoms with Crippen LogP contribution >= 0.6 is 22.9 Å². The molecule has 1 aromatic heterocycles. The van der Waals surface area contributed by atoms with E-state index in [1.54, 1.807) is 11.3 Å². The van der Waals surface area contributed by atoms with Gasteiger partial charge in [0.15, 0.2) is 0 Å². The lowest BCUT2D eigenvalue weighted by molar-refractivity contribution is 0.166. The number of halogens is 1. The summed E-state index contributed by atoms with van der Waals surface area (Å²) in [6.07, 6.45) is 4.93. The highest BCUT2D eigenvalue weighted by molar-refractivity contribution is 7.16. The van der Waals surface area contributed by atoms with Gasteiger partial charge in [-0.15, -0.1) is 11.3 Å². The molecule has 2 N–H and O–H groups in total. The summed E-state index contributed by atoms with van der Waals surface area (Å²) in [4.78, 5) is 3.65. The maximum absolute atomic E-state index is 6.54. The van der Waals surface area contributed by atoms with E-state index in [-0.39, 0.29) is 5.54 Å². The second-order valence-corrected chi connectivity index (χ2v) is 7.74. The molecule has 2 rings (SSSR count). The summed E-state index contributed by atoms with van der Waals surface area (Å²) < 4.78 is 0.868. The first-order valence-electron chi connectivity index (χ1n) is 6.68. The second kappa shape index (κ2) is 5.91. The van der Waals surface area contributed by atoms with E-state index in [0.29, 0.717) is 0 Å². The van der Waals surface area contributed by atoms with Crippen LogP contribution in [-0.2, 0) is 6.54 Å². The van der Waals surface area contributed by atoms with Gasteiger partial charge in [-0.2, -0.15) is 0 Å². The van der Waals surface area contributed by atoms with Crippen molar-refractivity contribution in [1.29, 1.82) is 0 Å². The molecule has 0 aliphatic heterocycles. The fraction of sp³-hybridized carbons (Fsp3) is 0.714. The maximum Gasteiger partial charge on any atom is 0.0931 e. The fourth-order valence-corrected chi connectivity index (χ4v) is 4.31. The highest BCUT2D eigenvalue weighted by Gasteiger charge is 2.31. The zero-order chi connectivity index (χ0) is 13.2. The molecule has 0 radical (unpaired) electrons. The number of nitrogens with two attached hydrogens (primary N) is 1. The lowest BCUT2D eigenvalue weighted by Crippen LogP contribution is -2.51. The van der Waals surface area contributed by atoms with Crippen molar-refractivity contribution in [2.45, 2.75) is 44.7 Å². The number of hydrogen-bond acceptors (Lipinski definition) is 3. The molecular formula is C14H23ClN2S. The lowest BCUT2D eigenvalue weighted by Gasteiger charge is -2.39. The minimum absolute atomic E-state index is 0.00741. The summed E-state index contributed by atoms with van der Waals surface area (Å²) in [6, 6.07) is 4.08. The van der Waals surface area contributed by atoms with E-state index in [9.17, 15) is 0 Å². The van der Waals surface area contributed by atoms with Crippen molar-refractivity contribution in [1.82, 2.24) is 4.90 Å². The molecule has 2 atom stereocenters. The number of likely N-dealkylation sites (N-methyl/N-ethyl adjacent to an activating group) is 1. The van der Waals surface area contributed by atoms with E-state index in [4.69, 9.17) is 17.3 Å². The Labute approximate surface area is 119 Å². The van der Waals surface area contributed by atoms with Crippen LogP contribution in [0.2, 0.25) is 4.34 Å². The molecule has 1 aliphatic carbocycles. The summed E-state index contributed by atoms with van der Waals surface area (Å²) in [5.74, 6) is 0.772. The Hall–Kier alpha value is -0.0900. The van der Waals surface area contributed by atoms with Gasteiger partial charge in [-0.25, -0.2) is 0 Å². The quantitative estimate of drug-likeness (QED) is 0.914. The smallest absolute Gasteiger partial charge is 0.0931 e. The van der Waals surface area contributed by atoms with Crippen molar-refractivity contribution in [3.63, 3.8) is 0 Å². The number of thiophene rings is 1. The first kappa shape index (κ1) is 14.3. The predicted molar refractivity (Wildman–Crippen MR) is 80.2 cm³/mol. The Morgan fingerprint density at radius 2 is 2.33 bits per heavy atom. The fourth-order valence-electron chi connectivity index (χ4n) is 3.14. The second-order valence-electron chi connectivity index (χ2n) is 5.94. The zero-order valence-corrected chi connectivity index (χ0v) is 12.9. The molecule has 18 heavy (non-hydrogen) atoms. The van der Waals surface area contributed by atoms with Gasteiger partial charge in [-0.05, 0) is 37.9 Å². The maximum atomic E-state index is 6.54. The van der Waals surface area contributed by atoms with Crippen LogP contribution in [0.15, 0.2) is 12.1 Å². The van der Waals surface area contributed by atoms with Gasteiger partial charge in [0.05, 0.1) is 4.34 Å². The van der Waals surface area contributed by atoms with E-state index in [1.165, 1.54) is 17.7 Å². The van der Waals surface area contributed by atoms with Crippen molar-refractivity contribution in [2.75, 3.05) is 13.6 Å². The van der Waals surface area contributed by atoms with Gasteiger partial charge in [0.25, 0.3) is 0 Å². The van der Waals surface area contributed by atoms with Crippen LogP contribution < -0.4 is 5.73 Å². The molecular weight excluding hydrogens is 264 g/mol. The van der Waals surface area contributed by atoms with Crippen molar-refractivity contribution < 1.29 is 0 Å². The van der Waals surface area contributed by atoms with Crippen LogP contribution in [0.1, 0.15) is 37.5 Å². The molecule has 0 bridgehead atoms. The molecule has 0 amide bonds. The van der Waals surface area contributed by atoms with Crippen LogP contribution in [0.3, 0.4) is 0 Å².